The number of hydrogen-bond donors (Lipinski definition) is 0. The first-order valence-corrected chi connectivity index (χ1v) is 5.62. The number of nitrogens with zero attached hydrogens (tertiary/aromatic N) is 2. The molecular formula is C11H12N2O5. The van der Waals surface area contributed by atoms with Crippen molar-refractivity contribution in [2.24, 2.45) is 0 Å². The molecule has 3 heterocycles. The predicted molar refractivity (Wildman–Crippen MR) is 56.8 cm³/mol. The summed E-state index contributed by atoms with van der Waals surface area (Å²) in [4.78, 5) is 23.0. The number of ketones is 1. The minimum absolute atomic E-state index is 0.0936. The average Bonchev–Trinajstić information content (AvgIpc) is 3.01. The predicted octanol–water partition coefficient (Wildman–Crippen LogP) is -0.0749. The molecule has 0 spiro atoms. The Hall–Kier alpha value is -1.73. The Balaban J connectivity index is 1.84. The third-order valence-electron chi connectivity index (χ3n) is 3.16. The Morgan fingerprint density at radius 1 is 1.61 bits per heavy atom. The largest absolute Gasteiger partial charge is 0.464 e. The molecule has 0 radical (unpaired) electrons. The molecule has 3 rings (SSSR count). The van der Waals surface area contributed by atoms with Crippen LogP contribution in [-0.2, 0) is 19.0 Å². The van der Waals surface area contributed by atoms with Crippen LogP contribution >= 0.6 is 0 Å². The number of hydrogen-bond acceptors (Lipinski definition) is 6. The number of rotatable bonds is 2. The molecule has 0 aromatic carbocycles. The molecule has 0 saturated carbocycles. The van der Waals surface area contributed by atoms with Gasteiger partial charge in [-0.25, -0.2) is 4.79 Å². The van der Waals surface area contributed by atoms with Crippen molar-refractivity contribution in [1.29, 1.82) is 0 Å². The maximum atomic E-state index is 11.6. The summed E-state index contributed by atoms with van der Waals surface area (Å²) < 4.78 is 16.8. The van der Waals surface area contributed by atoms with Gasteiger partial charge in [-0.15, -0.1) is 0 Å². The average molecular weight is 252 g/mol. The molecule has 18 heavy (non-hydrogen) atoms. The van der Waals surface area contributed by atoms with E-state index in [9.17, 15) is 9.59 Å². The zero-order valence-electron chi connectivity index (χ0n) is 9.74. The molecule has 2 fully saturated rings. The van der Waals surface area contributed by atoms with Crippen LogP contribution in [0.2, 0.25) is 0 Å². The molecule has 2 aliphatic heterocycles. The molecule has 3 unspecified atom stereocenters. The highest BCUT2D eigenvalue weighted by molar-refractivity contribution is 5.87. The summed E-state index contributed by atoms with van der Waals surface area (Å²) in [5, 5.41) is 4.11. The molecular weight excluding hydrogens is 240 g/mol. The van der Waals surface area contributed by atoms with Gasteiger partial charge in [0.1, 0.15) is 6.10 Å². The number of fused-ring (bicyclic) bond motifs is 2. The molecule has 0 amide bonds. The lowest BCUT2D eigenvalue weighted by Crippen LogP contribution is -2.37. The van der Waals surface area contributed by atoms with E-state index in [2.05, 4.69) is 9.84 Å². The van der Waals surface area contributed by atoms with Crippen LogP contribution < -0.4 is 0 Å². The number of aromatic nitrogens is 2. The minimum Gasteiger partial charge on any atom is -0.464 e. The number of methoxy groups -OCH3 is 1. The van der Waals surface area contributed by atoms with Crippen molar-refractivity contribution in [2.45, 2.75) is 24.9 Å². The highest BCUT2D eigenvalue weighted by Crippen LogP contribution is 2.32. The Morgan fingerprint density at radius 3 is 3.22 bits per heavy atom. The smallest absolute Gasteiger partial charge is 0.358 e. The van der Waals surface area contributed by atoms with E-state index < -0.39 is 12.3 Å². The fraction of sp³-hybridized carbons (Fsp3) is 0.545. The van der Waals surface area contributed by atoms with Crippen molar-refractivity contribution in [3.63, 3.8) is 0 Å². The van der Waals surface area contributed by atoms with Gasteiger partial charge in [-0.2, -0.15) is 5.10 Å². The number of carbonyl (C=O) groups is 2. The second-order valence-corrected chi connectivity index (χ2v) is 4.25. The van der Waals surface area contributed by atoms with Crippen molar-refractivity contribution in [2.75, 3.05) is 13.7 Å². The lowest BCUT2D eigenvalue weighted by atomic mass is 10.0. The lowest BCUT2D eigenvalue weighted by molar-refractivity contribution is -0.156. The highest BCUT2D eigenvalue weighted by atomic mass is 16.7. The SMILES string of the molecule is COC(=O)c1ccn(C2CC(=O)C3OCC2O3)n1. The van der Waals surface area contributed by atoms with Gasteiger partial charge in [0.2, 0.25) is 6.29 Å². The molecule has 2 aliphatic rings. The molecule has 3 atom stereocenters. The van der Waals surface area contributed by atoms with Crippen LogP contribution in [0.15, 0.2) is 12.3 Å². The fourth-order valence-corrected chi connectivity index (χ4v) is 2.22. The summed E-state index contributed by atoms with van der Waals surface area (Å²) in [6.45, 7) is 0.370. The molecule has 96 valence electrons. The Kier molecular flexibility index (Phi) is 2.64. The van der Waals surface area contributed by atoms with Gasteiger partial charge in [-0.3, -0.25) is 9.48 Å². The van der Waals surface area contributed by atoms with Crippen molar-refractivity contribution in [3.05, 3.63) is 18.0 Å². The zero-order valence-corrected chi connectivity index (χ0v) is 9.74. The van der Waals surface area contributed by atoms with Gasteiger partial charge in [0.15, 0.2) is 11.5 Å². The van der Waals surface area contributed by atoms with E-state index in [1.165, 1.54) is 7.11 Å². The number of carbonyl (C=O) groups excluding carboxylic acids is 2. The summed E-state index contributed by atoms with van der Waals surface area (Å²) in [7, 11) is 1.30. The third-order valence-corrected chi connectivity index (χ3v) is 3.16. The van der Waals surface area contributed by atoms with Crippen LogP contribution in [0.1, 0.15) is 23.0 Å². The summed E-state index contributed by atoms with van der Waals surface area (Å²) in [5.74, 6) is -0.596. The van der Waals surface area contributed by atoms with E-state index in [0.29, 0.717) is 13.0 Å². The van der Waals surface area contributed by atoms with E-state index in [4.69, 9.17) is 9.47 Å². The first kappa shape index (κ1) is 11.4. The van der Waals surface area contributed by atoms with Crippen LogP contribution in [0.4, 0.5) is 0 Å². The Labute approximate surface area is 103 Å². The van der Waals surface area contributed by atoms with Gasteiger partial charge >= 0.3 is 5.97 Å². The molecule has 1 aromatic heterocycles. The monoisotopic (exact) mass is 252 g/mol. The van der Waals surface area contributed by atoms with Gasteiger partial charge < -0.3 is 14.2 Å². The second kappa shape index (κ2) is 4.18. The Bertz CT molecular complexity index is 497. The normalized spacial score (nSPS) is 30.5. The molecule has 2 saturated heterocycles. The quantitative estimate of drug-likeness (QED) is 0.685. The zero-order chi connectivity index (χ0) is 12.7. The van der Waals surface area contributed by atoms with Crippen LogP contribution in [0, 0.1) is 0 Å². The van der Waals surface area contributed by atoms with E-state index in [1.807, 2.05) is 0 Å². The maximum Gasteiger partial charge on any atom is 0.358 e. The van der Waals surface area contributed by atoms with Crippen molar-refractivity contribution < 1.29 is 23.8 Å². The molecule has 2 bridgehead atoms. The van der Waals surface area contributed by atoms with E-state index >= 15 is 0 Å². The minimum atomic E-state index is -0.720. The summed E-state index contributed by atoms with van der Waals surface area (Å²) in [6.07, 6.45) is 1.03. The number of Topliss-reactive ketones (excluding diaryl/α,β-unsaturated/α-hetero) is 1. The molecule has 7 nitrogen and oxygen atoms in total. The molecule has 0 aliphatic carbocycles. The fourth-order valence-electron chi connectivity index (χ4n) is 2.22. The van der Waals surface area contributed by atoms with Crippen molar-refractivity contribution in [1.82, 2.24) is 9.78 Å². The topological polar surface area (TPSA) is 79.7 Å². The van der Waals surface area contributed by atoms with E-state index in [-0.39, 0.29) is 23.6 Å². The molecule has 7 heteroatoms. The summed E-state index contributed by atoms with van der Waals surface area (Å²) >= 11 is 0. The van der Waals surface area contributed by atoms with E-state index in [0.717, 1.165) is 0 Å². The van der Waals surface area contributed by atoms with Gasteiger partial charge in [-0.1, -0.05) is 0 Å². The van der Waals surface area contributed by atoms with E-state index in [1.54, 1.807) is 16.9 Å². The lowest BCUT2D eigenvalue weighted by Gasteiger charge is -2.26. The summed E-state index contributed by atoms with van der Waals surface area (Å²) in [5.41, 5.74) is 0.214. The highest BCUT2D eigenvalue weighted by Gasteiger charge is 2.44. The summed E-state index contributed by atoms with van der Waals surface area (Å²) in [6, 6.07) is 1.33. The van der Waals surface area contributed by atoms with Gasteiger partial charge in [-0.05, 0) is 6.07 Å². The number of ether oxygens (including phenoxy) is 3. The first-order chi connectivity index (χ1) is 8.69. The van der Waals surface area contributed by atoms with Gasteiger partial charge in [0.05, 0.1) is 19.8 Å². The van der Waals surface area contributed by atoms with Crippen LogP contribution in [0.25, 0.3) is 0 Å². The van der Waals surface area contributed by atoms with Crippen LogP contribution in [0.5, 0.6) is 0 Å². The number of esters is 1. The van der Waals surface area contributed by atoms with Crippen LogP contribution in [0.3, 0.4) is 0 Å². The Morgan fingerprint density at radius 2 is 2.44 bits per heavy atom. The maximum absolute atomic E-state index is 11.6. The first-order valence-electron chi connectivity index (χ1n) is 5.62. The van der Waals surface area contributed by atoms with Gasteiger partial charge in [0, 0.05) is 12.6 Å². The molecule has 1 aromatic rings. The van der Waals surface area contributed by atoms with Crippen molar-refractivity contribution in [3.8, 4) is 0 Å². The second-order valence-electron chi connectivity index (χ2n) is 4.25. The standard InChI is InChI=1S/C11H12N2O5/c1-16-10(15)6-2-3-13(12-6)7-4-8(14)11-17-5-9(7)18-11/h2-3,7,9,11H,4-5H2,1H3. The third kappa shape index (κ3) is 1.72. The van der Waals surface area contributed by atoms with Crippen molar-refractivity contribution >= 4 is 11.8 Å². The van der Waals surface area contributed by atoms with Crippen LogP contribution in [-0.4, -0.2) is 47.6 Å². The molecule has 0 N–H and O–H groups in total. The van der Waals surface area contributed by atoms with Gasteiger partial charge in [0.25, 0.3) is 0 Å².